The lowest BCUT2D eigenvalue weighted by molar-refractivity contribution is 0.968. The Hall–Kier alpha value is -6.98. The van der Waals surface area contributed by atoms with Crippen LogP contribution in [0.2, 0.25) is 0 Å². The largest absolute Gasteiger partial charge is 0.310 e. The summed E-state index contributed by atoms with van der Waals surface area (Å²) in [6, 6.07) is 50.8. The molecule has 262 valence electrons. The lowest BCUT2D eigenvalue weighted by atomic mass is 9.94. The number of benzene rings is 6. The molecule has 2 aliphatic rings. The first kappa shape index (κ1) is 31.5. The Bertz CT molecular complexity index is 3040. The number of aromatic nitrogens is 5. The molecule has 9 aromatic rings. The fourth-order valence-electron chi connectivity index (χ4n) is 8.77. The molecule has 0 bridgehead atoms. The van der Waals surface area contributed by atoms with E-state index in [1.165, 1.54) is 60.7 Å². The van der Waals surface area contributed by atoms with Crippen LogP contribution in [-0.4, -0.2) is 24.3 Å². The Morgan fingerprint density at radius 1 is 0.527 bits per heavy atom. The topological polar surface area (TPSA) is 51.4 Å². The van der Waals surface area contributed by atoms with Gasteiger partial charge in [0.05, 0.1) is 16.6 Å². The zero-order valence-electron chi connectivity index (χ0n) is 30.3. The molecule has 0 amide bonds. The number of rotatable bonds is 6. The Labute approximate surface area is 319 Å². The normalized spacial score (nSPS) is 13.9. The summed E-state index contributed by atoms with van der Waals surface area (Å²) in [6.45, 7) is 0. The van der Waals surface area contributed by atoms with Gasteiger partial charge in [0.2, 0.25) is 0 Å². The van der Waals surface area contributed by atoms with Crippen molar-refractivity contribution in [1.82, 2.24) is 24.3 Å². The van der Waals surface area contributed by atoms with E-state index in [0.29, 0.717) is 5.82 Å². The summed E-state index contributed by atoms with van der Waals surface area (Å²) < 4.78 is 4.85. The minimum absolute atomic E-state index is 0.713. The van der Waals surface area contributed by atoms with Crippen LogP contribution >= 0.6 is 0 Å². The zero-order valence-corrected chi connectivity index (χ0v) is 30.3. The van der Waals surface area contributed by atoms with Crippen molar-refractivity contribution in [2.24, 2.45) is 0 Å². The third-order valence-electron chi connectivity index (χ3n) is 11.3. The Morgan fingerprint density at radius 2 is 1.29 bits per heavy atom. The molecule has 6 aromatic carbocycles. The lowest BCUT2D eigenvalue weighted by Gasteiger charge is -2.14. The van der Waals surface area contributed by atoms with Crippen molar-refractivity contribution in [2.45, 2.75) is 25.7 Å². The summed E-state index contributed by atoms with van der Waals surface area (Å²) >= 11 is 0. The Balaban J connectivity index is 1.03. The SMILES string of the molecule is C1=CC(c2nc(-c3cccc(-c4cccc5c4c4c(n5-c5cccc(-c6ccc7c8ccccc8n(-c8ccccc8)c7c6)c5)C=CCC4)c3)n[nH]2)=CCC1. The first-order valence-corrected chi connectivity index (χ1v) is 19.2. The number of fused-ring (bicyclic) bond motifs is 6. The highest BCUT2D eigenvalue weighted by atomic mass is 15.2. The van der Waals surface area contributed by atoms with Gasteiger partial charge < -0.3 is 9.13 Å². The van der Waals surface area contributed by atoms with E-state index >= 15 is 0 Å². The third kappa shape index (κ3) is 5.23. The number of hydrogen-bond acceptors (Lipinski definition) is 2. The Morgan fingerprint density at radius 3 is 2.22 bits per heavy atom. The second-order valence-corrected chi connectivity index (χ2v) is 14.5. The van der Waals surface area contributed by atoms with Gasteiger partial charge in [-0.25, -0.2) is 4.98 Å². The van der Waals surface area contributed by atoms with E-state index in [0.717, 1.165) is 59.6 Å². The fourth-order valence-corrected chi connectivity index (χ4v) is 8.77. The highest BCUT2D eigenvalue weighted by Gasteiger charge is 2.22. The van der Waals surface area contributed by atoms with Crippen LogP contribution in [-0.2, 0) is 6.42 Å². The van der Waals surface area contributed by atoms with Gasteiger partial charge in [0, 0.05) is 44.4 Å². The predicted octanol–water partition coefficient (Wildman–Crippen LogP) is 12.5. The van der Waals surface area contributed by atoms with Crippen LogP contribution in [0.1, 0.15) is 36.3 Å². The highest BCUT2D eigenvalue weighted by molar-refractivity contribution is 6.10. The number of allylic oxidation sites excluding steroid dienone is 5. The molecular weight excluding hydrogens is 671 g/mol. The standard InChI is InChI=1S/C50H37N5/c1-3-14-33(15-4-1)49-51-50(53-52-49)37-18-11-17-36(30-37)40-24-13-27-46-48(40)43-23-8-10-26-45(43)55(46)39-21-12-16-34(31-39)35-28-29-42-41-22-7-9-25-44(41)54(47(42)32-35)38-19-5-2-6-20-38/h2-3,5-7,9-22,24-32H,1,4,8,23H2,(H,51,52,53). The maximum Gasteiger partial charge on any atom is 0.181 e. The average Bonchev–Trinajstić information content (AvgIpc) is 3.98. The smallest absolute Gasteiger partial charge is 0.181 e. The van der Waals surface area contributed by atoms with E-state index in [4.69, 9.17) is 4.98 Å². The second kappa shape index (κ2) is 12.9. The number of aromatic amines is 1. The van der Waals surface area contributed by atoms with Gasteiger partial charge in [-0.2, -0.15) is 5.10 Å². The van der Waals surface area contributed by atoms with Gasteiger partial charge in [-0.15, -0.1) is 0 Å². The number of H-pyrrole nitrogens is 1. The molecule has 0 unspecified atom stereocenters. The van der Waals surface area contributed by atoms with Crippen molar-refractivity contribution < 1.29 is 0 Å². The molecule has 2 aliphatic carbocycles. The molecule has 0 spiro atoms. The first-order chi connectivity index (χ1) is 27.3. The van der Waals surface area contributed by atoms with Crippen molar-refractivity contribution in [3.63, 3.8) is 0 Å². The average molecular weight is 708 g/mol. The number of aryl methyl sites for hydroxylation is 1. The molecule has 5 heteroatoms. The van der Waals surface area contributed by atoms with E-state index in [1.54, 1.807) is 0 Å². The summed E-state index contributed by atoms with van der Waals surface area (Å²) in [5.74, 6) is 1.53. The maximum atomic E-state index is 4.90. The first-order valence-electron chi connectivity index (χ1n) is 19.2. The van der Waals surface area contributed by atoms with E-state index in [9.17, 15) is 0 Å². The van der Waals surface area contributed by atoms with Crippen LogP contribution in [0, 0.1) is 0 Å². The van der Waals surface area contributed by atoms with Crippen molar-refractivity contribution in [3.05, 3.63) is 181 Å². The molecule has 0 fully saturated rings. The minimum atomic E-state index is 0.713. The van der Waals surface area contributed by atoms with E-state index in [2.05, 4.69) is 189 Å². The number of nitrogens with zero attached hydrogens (tertiary/aromatic N) is 4. The molecular formula is C50H37N5. The lowest BCUT2D eigenvalue weighted by Crippen LogP contribution is -2.00. The van der Waals surface area contributed by atoms with Crippen molar-refractivity contribution in [3.8, 4) is 45.0 Å². The molecule has 0 saturated heterocycles. The molecule has 0 saturated carbocycles. The maximum absolute atomic E-state index is 4.90. The molecule has 5 nitrogen and oxygen atoms in total. The summed E-state index contributed by atoms with van der Waals surface area (Å²) in [7, 11) is 0. The number of nitrogens with one attached hydrogen (secondary N) is 1. The van der Waals surface area contributed by atoms with E-state index in [-0.39, 0.29) is 0 Å². The van der Waals surface area contributed by atoms with Gasteiger partial charge in [0.25, 0.3) is 0 Å². The van der Waals surface area contributed by atoms with Crippen LogP contribution in [0.5, 0.6) is 0 Å². The van der Waals surface area contributed by atoms with Crippen molar-refractivity contribution >= 4 is 44.4 Å². The molecule has 0 aliphatic heterocycles. The van der Waals surface area contributed by atoms with E-state index < -0.39 is 0 Å². The Kier molecular flexibility index (Phi) is 7.37. The highest BCUT2D eigenvalue weighted by Crippen LogP contribution is 2.41. The monoisotopic (exact) mass is 707 g/mol. The van der Waals surface area contributed by atoms with Crippen LogP contribution in [0.4, 0.5) is 0 Å². The molecule has 11 rings (SSSR count). The summed E-state index contributed by atoms with van der Waals surface area (Å²) in [6.07, 6.45) is 15.3. The molecule has 1 N–H and O–H groups in total. The van der Waals surface area contributed by atoms with Gasteiger partial charge in [-0.1, -0.05) is 115 Å². The van der Waals surface area contributed by atoms with Crippen LogP contribution in [0.3, 0.4) is 0 Å². The van der Waals surface area contributed by atoms with Crippen molar-refractivity contribution in [2.75, 3.05) is 0 Å². The fraction of sp³-hybridized carbons (Fsp3) is 0.0800. The third-order valence-corrected chi connectivity index (χ3v) is 11.3. The summed E-state index contributed by atoms with van der Waals surface area (Å²) in [5.41, 5.74) is 15.5. The van der Waals surface area contributed by atoms with Gasteiger partial charge in [0.1, 0.15) is 0 Å². The molecule has 3 aromatic heterocycles. The zero-order chi connectivity index (χ0) is 36.3. The van der Waals surface area contributed by atoms with Gasteiger partial charge >= 0.3 is 0 Å². The van der Waals surface area contributed by atoms with Gasteiger partial charge in [0.15, 0.2) is 11.6 Å². The van der Waals surface area contributed by atoms with Crippen LogP contribution in [0.15, 0.2) is 164 Å². The van der Waals surface area contributed by atoms with Gasteiger partial charge in [-0.05, 0) is 108 Å². The summed E-state index contributed by atoms with van der Waals surface area (Å²) in [5, 5.41) is 11.6. The molecule has 55 heavy (non-hydrogen) atoms. The number of hydrogen-bond donors (Lipinski definition) is 1. The number of para-hydroxylation sites is 2. The van der Waals surface area contributed by atoms with Crippen LogP contribution < -0.4 is 0 Å². The molecule has 0 atom stereocenters. The van der Waals surface area contributed by atoms with Gasteiger partial charge in [-0.3, -0.25) is 5.10 Å². The van der Waals surface area contributed by atoms with Crippen LogP contribution in [0.25, 0.3) is 89.4 Å². The quantitative estimate of drug-likeness (QED) is 0.187. The van der Waals surface area contributed by atoms with E-state index in [1.807, 2.05) is 0 Å². The minimum Gasteiger partial charge on any atom is -0.310 e. The van der Waals surface area contributed by atoms with Crippen molar-refractivity contribution in [1.29, 1.82) is 0 Å². The predicted molar refractivity (Wildman–Crippen MR) is 228 cm³/mol. The second-order valence-electron chi connectivity index (χ2n) is 14.5. The molecule has 3 heterocycles. The summed E-state index contributed by atoms with van der Waals surface area (Å²) in [4.78, 5) is 4.90. The molecule has 0 radical (unpaired) electrons.